The Kier molecular flexibility index (Phi) is 4.61. The average Bonchev–Trinajstić information content (AvgIpc) is 2.47. The summed E-state index contributed by atoms with van der Waals surface area (Å²) in [5.41, 5.74) is 0.348. The SMILES string of the molecule is CCNCC(C)(C)Cc1cc(Br)cs1. The van der Waals surface area contributed by atoms with Crippen molar-refractivity contribution in [3.8, 4) is 0 Å². The molecular formula is C11H18BrNS. The predicted molar refractivity (Wildman–Crippen MR) is 68.0 cm³/mol. The summed E-state index contributed by atoms with van der Waals surface area (Å²) in [6.45, 7) is 8.90. The first-order valence-electron chi connectivity index (χ1n) is 4.97. The Bertz CT molecular complexity index is 281. The van der Waals surface area contributed by atoms with E-state index in [4.69, 9.17) is 0 Å². The minimum atomic E-state index is 0.348. The molecule has 1 aromatic heterocycles. The van der Waals surface area contributed by atoms with Crippen molar-refractivity contribution in [1.82, 2.24) is 5.32 Å². The Hall–Kier alpha value is 0.140. The molecule has 1 heterocycles. The van der Waals surface area contributed by atoms with Gasteiger partial charge in [-0.2, -0.15) is 0 Å². The van der Waals surface area contributed by atoms with Crippen LogP contribution in [-0.2, 0) is 6.42 Å². The van der Waals surface area contributed by atoms with E-state index in [1.54, 1.807) is 0 Å². The van der Waals surface area contributed by atoms with Crippen LogP contribution in [-0.4, -0.2) is 13.1 Å². The van der Waals surface area contributed by atoms with E-state index in [1.807, 2.05) is 11.3 Å². The van der Waals surface area contributed by atoms with Gasteiger partial charge in [0.2, 0.25) is 0 Å². The first-order chi connectivity index (χ1) is 6.53. The molecule has 0 fully saturated rings. The maximum Gasteiger partial charge on any atom is 0.0285 e. The Morgan fingerprint density at radius 2 is 2.21 bits per heavy atom. The van der Waals surface area contributed by atoms with Gasteiger partial charge in [-0.3, -0.25) is 0 Å². The monoisotopic (exact) mass is 275 g/mol. The van der Waals surface area contributed by atoms with Crippen LogP contribution in [0.2, 0.25) is 0 Å². The second-order valence-electron chi connectivity index (χ2n) is 4.35. The van der Waals surface area contributed by atoms with E-state index in [0.717, 1.165) is 19.5 Å². The molecule has 0 radical (unpaired) electrons. The zero-order chi connectivity index (χ0) is 10.6. The van der Waals surface area contributed by atoms with Gasteiger partial charge in [-0.15, -0.1) is 11.3 Å². The van der Waals surface area contributed by atoms with E-state index < -0.39 is 0 Å². The topological polar surface area (TPSA) is 12.0 Å². The van der Waals surface area contributed by atoms with Gasteiger partial charge >= 0.3 is 0 Å². The Balaban J connectivity index is 2.49. The van der Waals surface area contributed by atoms with Crippen molar-refractivity contribution >= 4 is 27.3 Å². The molecule has 3 heteroatoms. The standard InChI is InChI=1S/C11H18BrNS/c1-4-13-8-11(2,3)6-10-5-9(12)7-14-10/h5,7,13H,4,6,8H2,1-3H3. The molecule has 1 N–H and O–H groups in total. The second kappa shape index (κ2) is 5.29. The maximum absolute atomic E-state index is 3.49. The van der Waals surface area contributed by atoms with Crippen molar-refractivity contribution in [2.75, 3.05) is 13.1 Å². The van der Waals surface area contributed by atoms with Crippen LogP contribution >= 0.6 is 27.3 Å². The van der Waals surface area contributed by atoms with Crippen LogP contribution in [0.4, 0.5) is 0 Å². The minimum Gasteiger partial charge on any atom is -0.316 e. The highest BCUT2D eigenvalue weighted by Crippen LogP contribution is 2.27. The molecule has 0 saturated heterocycles. The number of thiophene rings is 1. The van der Waals surface area contributed by atoms with Gasteiger partial charge in [0, 0.05) is 21.3 Å². The first kappa shape index (κ1) is 12.2. The van der Waals surface area contributed by atoms with Crippen molar-refractivity contribution in [3.05, 3.63) is 20.8 Å². The zero-order valence-corrected chi connectivity index (χ0v) is 11.5. The maximum atomic E-state index is 3.49. The lowest BCUT2D eigenvalue weighted by atomic mass is 9.88. The van der Waals surface area contributed by atoms with Gasteiger partial charge in [-0.1, -0.05) is 20.8 Å². The Labute approximate surface area is 99.0 Å². The van der Waals surface area contributed by atoms with Gasteiger partial charge in [0.25, 0.3) is 0 Å². The third kappa shape index (κ3) is 4.11. The summed E-state index contributed by atoms with van der Waals surface area (Å²) in [7, 11) is 0. The molecule has 80 valence electrons. The fourth-order valence-corrected chi connectivity index (χ4v) is 3.15. The molecule has 14 heavy (non-hydrogen) atoms. The van der Waals surface area contributed by atoms with Gasteiger partial charge < -0.3 is 5.32 Å². The molecular weight excluding hydrogens is 258 g/mol. The third-order valence-electron chi connectivity index (χ3n) is 2.13. The molecule has 0 saturated carbocycles. The summed E-state index contributed by atoms with van der Waals surface area (Å²) >= 11 is 5.32. The highest BCUT2D eigenvalue weighted by molar-refractivity contribution is 9.10. The fourth-order valence-electron chi connectivity index (χ4n) is 1.44. The number of halogens is 1. The summed E-state index contributed by atoms with van der Waals surface area (Å²) in [4.78, 5) is 1.46. The van der Waals surface area contributed by atoms with Crippen molar-refractivity contribution in [1.29, 1.82) is 0 Å². The summed E-state index contributed by atoms with van der Waals surface area (Å²) in [6, 6.07) is 2.22. The molecule has 1 nitrogen and oxygen atoms in total. The molecule has 0 aliphatic carbocycles. The van der Waals surface area contributed by atoms with Crippen LogP contribution < -0.4 is 5.32 Å². The van der Waals surface area contributed by atoms with Gasteiger partial charge in [0.15, 0.2) is 0 Å². The van der Waals surface area contributed by atoms with Crippen LogP contribution in [0.1, 0.15) is 25.6 Å². The molecule has 0 amide bonds. The molecule has 0 aromatic carbocycles. The largest absolute Gasteiger partial charge is 0.316 e. The van der Waals surface area contributed by atoms with Gasteiger partial charge in [-0.25, -0.2) is 0 Å². The Morgan fingerprint density at radius 3 is 2.71 bits per heavy atom. The van der Waals surface area contributed by atoms with Gasteiger partial charge in [0.1, 0.15) is 0 Å². The number of hydrogen-bond donors (Lipinski definition) is 1. The normalized spacial score (nSPS) is 12.0. The highest BCUT2D eigenvalue weighted by Gasteiger charge is 2.18. The fraction of sp³-hybridized carbons (Fsp3) is 0.636. The van der Waals surface area contributed by atoms with Crippen LogP contribution in [0, 0.1) is 5.41 Å². The third-order valence-corrected chi connectivity index (χ3v) is 3.83. The molecule has 1 aromatic rings. The highest BCUT2D eigenvalue weighted by atomic mass is 79.9. The number of nitrogens with one attached hydrogen (secondary N) is 1. The quantitative estimate of drug-likeness (QED) is 0.865. The van der Waals surface area contributed by atoms with E-state index in [0.29, 0.717) is 5.41 Å². The van der Waals surface area contributed by atoms with Crippen LogP contribution in [0.15, 0.2) is 15.9 Å². The zero-order valence-electron chi connectivity index (χ0n) is 9.06. The van der Waals surface area contributed by atoms with Crippen molar-refractivity contribution in [3.63, 3.8) is 0 Å². The summed E-state index contributed by atoms with van der Waals surface area (Å²) in [5.74, 6) is 0. The molecule has 0 atom stereocenters. The second-order valence-corrected chi connectivity index (χ2v) is 6.26. The van der Waals surface area contributed by atoms with Crippen molar-refractivity contribution in [2.24, 2.45) is 5.41 Å². The summed E-state index contributed by atoms with van der Waals surface area (Å²) < 4.78 is 1.21. The van der Waals surface area contributed by atoms with E-state index in [2.05, 4.69) is 53.5 Å². The van der Waals surface area contributed by atoms with E-state index in [9.17, 15) is 0 Å². The average molecular weight is 276 g/mol. The molecule has 1 rings (SSSR count). The molecule has 0 aliphatic rings. The lowest BCUT2D eigenvalue weighted by Gasteiger charge is -2.24. The van der Waals surface area contributed by atoms with Gasteiger partial charge in [-0.05, 0) is 40.4 Å². The van der Waals surface area contributed by atoms with Crippen LogP contribution in [0.5, 0.6) is 0 Å². The summed E-state index contributed by atoms with van der Waals surface area (Å²) in [5, 5.41) is 5.56. The smallest absolute Gasteiger partial charge is 0.0285 e. The lowest BCUT2D eigenvalue weighted by Crippen LogP contribution is -2.30. The van der Waals surface area contributed by atoms with Gasteiger partial charge in [0.05, 0.1) is 0 Å². The molecule has 0 bridgehead atoms. The number of rotatable bonds is 5. The minimum absolute atomic E-state index is 0.348. The molecule has 0 aliphatic heterocycles. The number of hydrogen-bond acceptors (Lipinski definition) is 2. The Morgan fingerprint density at radius 1 is 1.50 bits per heavy atom. The van der Waals surface area contributed by atoms with Crippen molar-refractivity contribution in [2.45, 2.75) is 27.2 Å². The van der Waals surface area contributed by atoms with E-state index in [-0.39, 0.29) is 0 Å². The molecule has 0 spiro atoms. The van der Waals surface area contributed by atoms with Crippen molar-refractivity contribution < 1.29 is 0 Å². The van der Waals surface area contributed by atoms with Crippen LogP contribution in [0.25, 0.3) is 0 Å². The predicted octanol–water partition coefficient (Wildman–Crippen LogP) is 3.69. The molecule has 0 unspecified atom stereocenters. The summed E-state index contributed by atoms with van der Waals surface area (Å²) in [6.07, 6.45) is 1.15. The van der Waals surface area contributed by atoms with E-state index >= 15 is 0 Å². The first-order valence-corrected chi connectivity index (χ1v) is 6.64. The lowest BCUT2D eigenvalue weighted by molar-refractivity contribution is 0.344. The van der Waals surface area contributed by atoms with Crippen LogP contribution in [0.3, 0.4) is 0 Å². The van der Waals surface area contributed by atoms with E-state index in [1.165, 1.54) is 9.35 Å².